The summed E-state index contributed by atoms with van der Waals surface area (Å²) in [6.45, 7) is 1.36. The SMILES string of the molecule is Cn1cc(C(=O)NCC2CCN(S(=O)(=O)c3cccnc3)CC2)nn1. The second-order valence-corrected chi connectivity index (χ2v) is 7.96. The highest BCUT2D eigenvalue weighted by molar-refractivity contribution is 7.89. The largest absolute Gasteiger partial charge is 0.350 e. The quantitative estimate of drug-likeness (QED) is 0.802. The van der Waals surface area contributed by atoms with Gasteiger partial charge in [-0.2, -0.15) is 4.31 Å². The lowest BCUT2D eigenvalue weighted by Gasteiger charge is -2.31. The second kappa shape index (κ2) is 7.28. The molecule has 3 heterocycles. The fourth-order valence-corrected chi connectivity index (χ4v) is 4.22. The van der Waals surface area contributed by atoms with E-state index in [1.54, 1.807) is 31.6 Å². The van der Waals surface area contributed by atoms with Crippen LogP contribution in [0.25, 0.3) is 0 Å². The summed E-state index contributed by atoms with van der Waals surface area (Å²) in [5.74, 6) is -0.0283. The molecule has 1 aliphatic heterocycles. The number of rotatable bonds is 5. The van der Waals surface area contributed by atoms with Gasteiger partial charge >= 0.3 is 0 Å². The standard InChI is InChI=1S/C15H20N6O3S/c1-20-11-14(18-19-20)15(22)17-9-12-4-7-21(8-5-12)25(23,24)13-3-2-6-16-10-13/h2-3,6,10-12H,4-5,7-9H2,1H3,(H,17,22). The normalized spacial score (nSPS) is 16.7. The van der Waals surface area contributed by atoms with E-state index < -0.39 is 10.0 Å². The van der Waals surface area contributed by atoms with Gasteiger partial charge in [-0.1, -0.05) is 5.21 Å². The zero-order chi connectivity index (χ0) is 17.9. The molecule has 9 nitrogen and oxygen atoms in total. The molecule has 1 amide bonds. The van der Waals surface area contributed by atoms with Crippen molar-refractivity contribution in [2.75, 3.05) is 19.6 Å². The summed E-state index contributed by atoms with van der Waals surface area (Å²) in [6, 6.07) is 3.16. The molecule has 0 saturated carbocycles. The highest BCUT2D eigenvalue weighted by Gasteiger charge is 2.29. The Balaban J connectivity index is 1.51. The molecule has 0 radical (unpaired) electrons. The van der Waals surface area contributed by atoms with Crippen LogP contribution in [-0.4, -0.2) is 58.2 Å². The molecule has 25 heavy (non-hydrogen) atoms. The molecule has 2 aromatic heterocycles. The molecular weight excluding hydrogens is 344 g/mol. The molecule has 0 spiro atoms. The summed E-state index contributed by atoms with van der Waals surface area (Å²) >= 11 is 0. The molecule has 0 aliphatic carbocycles. The maximum absolute atomic E-state index is 12.5. The number of carbonyl (C=O) groups is 1. The number of aryl methyl sites for hydroxylation is 1. The van der Waals surface area contributed by atoms with Gasteiger partial charge in [-0.3, -0.25) is 14.5 Å². The van der Waals surface area contributed by atoms with E-state index in [0.717, 1.165) is 0 Å². The number of pyridine rings is 1. The van der Waals surface area contributed by atoms with Gasteiger partial charge in [0.2, 0.25) is 10.0 Å². The molecular formula is C15H20N6O3S. The molecule has 3 rings (SSSR count). The van der Waals surface area contributed by atoms with Crippen molar-refractivity contribution in [1.29, 1.82) is 0 Å². The minimum atomic E-state index is -3.49. The number of aromatic nitrogens is 4. The van der Waals surface area contributed by atoms with Crippen molar-refractivity contribution >= 4 is 15.9 Å². The van der Waals surface area contributed by atoms with E-state index in [1.165, 1.54) is 15.2 Å². The maximum atomic E-state index is 12.5. The molecule has 2 aromatic rings. The molecule has 1 saturated heterocycles. The number of carbonyl (C=O) groups excluding carboxylic acids is 1. The Labute approximate surface area is 146 Å². The maximum Gasteiger partial charge on any atom is 0.273 e. The highest BCUT2D eigenvalue weighted by atomic mass is 32.2. The van der Waals surface area contributed by atoms with Gasteiger partial charge < -0.3 is 5.32 Å². The van der Waals surface area contributed by atoms with E-state index in [-0.39, 0.29) is 22.4 Å². The van der Waals surface area contributed by atoms with Crippen LogP contribution in [0.15, 0.2) is 35.6 Å². The lowest BCUT2D eigenvalue weighted by atomic mass is 9.98. The summed E-state index contributed by atoms with van der Waals surface area (Å²) in [4.78, 5) is 16.1. The van der Waals surface area contributed by atoms with E-state index in [9.17, 15) is 13.2 Å². The average Bonchev–Trinajstić information content (AvgIpc) is 3.07. The lowest BCUT2D eigenvalue weighted by molar-refractivity contribution is 0.0936. The van der Waals surface area contributed by atoms with Crippen LogP contribution >= 0.6 is 0 Å². The third-order valence-electron chi connectivity index (χ3n) is 4.23. The molecule has 0 unspecified atom stereocenters. The minimum Gasteiger partial charge on any atom is -0.350 e. The van der Waals surface area contributed by atoms with Crippen LogP contribution in [-0.2, 0) is 17.1 Å². The lowest BCUT2D eigenvalue weighted by Crippen LogP contribution is -2.41. The molecule has 1 fully saturated rings. The van der Waals surface area contributed by atoms with Crippen LogP contribution in [0.5, 0.6) is 0 Å². The first-order valence-electron chi connectivity index (χ1n) is 8.01. The first-order valence-corrected chi connectivity index (χ1v) is 9.45. The number of piperidine rings is 1. The van der Waals surface area contributed by atoms with E-state index in [4.69, 9.17) is 0 Å². The van der Waals surface area contributed by atoms with Gasteiger partial charge in [0.1, 0.15) is 4.90 Å². The summed E-state index contributed by atoms with van der Waals surface area (Å²) in [7, 11) is -1.80. The Kier molecular flexibility index (Phi) is 5.09. The van der Waals surface area contributed by atoms with Crippen LogP contribution < -0.4 is 5.32 Å². The molecule has 10 heteroatoms. The molecule has 0 atom stereocenters. The van der Waals surface area contributed by atoms with Gasteiger partial charge in [-0.25, -0.2) is 8.42 Å². The first kappa shape index (κ1) is 17.5. The number of amides is 1. The van der Waals surface area contributed by atoms with Crippen LogP contribution in [0.4, 0.5) is 0 Å². The van der Waals surface area contributed by atoms with Gasteiger partial charge in [0, 0.05) is 39.1 Å². The fourth-order valence-electron chi connectivity index (χ4n) is 2.78. The summed E-state index contributed by atoms with van der Waals surface area (Å²) in [6.07, 6.45) is 5.85. The highest BCUT2D eigenvalue weighted by Crippen LogP contribution is 2.23. The number of nitrogens with zero attached hydrogens (tertiary/aromatic N) is 5. The van der Waals surface area contributed by atoms with Crippen molar-refractivity contribution in [3.05, 3.63) is 36.4 Å². The third kappa shape index (κ3) is 4.02. The topological polar surface area (TPSA) is 110 Å². The monoisotopic (exact) mass is 364 g/mol. The molecule has 0 bridgehead atoms. The van der Waals surface area contributed by atoms with Gasteiger partial charge in [0.15, 0.2) is 5.69 Å². The van der Waals surface area contributed by atoms with E-state index >= 15 is 0 Å². The zero-order valence-corrected chi connectivity index (χ0v) is 14.7. The summed E-state index contributed by atoms with van der Waals surface area (Å²) in [5, 5.41) is 10.3. The molecule has 1 N–H and O–H groups in total. The summed E-state index contributed by atoms with van der Waals surface area (Å²) in [5.41, 5.74) is 0.277. The van der Waals surface area contributed by atoms with Gasteiger partial charge in [-0.15, -0.1) is 5.10 Å². The van der Waals surface area contributed by atoms with Crippen molar-refractivity contribution in [2.45, 2.75) is 17.7 Å². The molecule has 0 aromatic carbocycles. The molecule has 134 valence electrons. The Morgan fingerprint density at radius 1 is 1.36 bits per heavy atom. The number of hydrogen-bond donors (Lipinski definition) is 1. The Hall–Kier alpha value is -2.33. The van der Waals surface area contributed by atoms with Crippen LogP contribution in [0.3, 0.4) is 0 Å². The van der Waals surface area contributed by atoms with Crippen LogP contribution in [0.1, 0.15) is 23.3 Å². The molecule has 1 aliphatic rings. The zero-order valence-electron chi connectivity index (χ0n) is 13.9. The number of sulfonamides is 1. The first-order chi connectivity index (χ1) is 12.0. The van der Waals surface area contributed by atoms with Gasteiger partial charge in [0.05, 0.1) is 6.20 Å². The second-order valence-electron chi connectivity index (χ2n) is 6.02. The van der Waals surface area contributed by atoms with Crippen molar-refractivity contribution in [3.63, 3.8) is 0 Å². The van der Waals surface area contributed by atoms with E-state index in [1.807, 2.05) is 0 Å². The van der Waals surface area contributed by atoms with E-state index in [2.05, 4.69) is 20.6 Å². The Bertz CT molecular complexity index is 828. The van der Waals surface area contributed by atoms with Crippen LogP contribution in [0.2, 0.25) is 0 Å². The Morgan fingerprint density at radius 2 is 2.12 bits per heavy atom. The number of nitrogens with one attached hydrogen (secondary N) is 1. The summed E-state index contributed by atoms with van der Waals surface area (Å²) < 4.78 is 28.0. The third-order valence-corrected chi connectivity index (χ3v) is 6.11. The number of hydrogen-bond acceptors (Lipinski definition) is 6. The van der Waals surface area contributed by atoms with Gasteiger partial charge in [-0.05, 0) is 30.9 Å². The average molecular weight is 364 g/mol. The van der Waals surface area contributed by atoms with E-state index in [0.29, 0.717) is 32.5 Å². The van der Waals surface area contributed by atoms with Gasteiger partial charge in [0.25, 0.3) is 5.91 Å². The van der Waals surface area contributed by atoms with Crippen molar-refractivity contribution in [3.8, 4) is 0 Å². The van der Waals surface area contributed by atoms with Crippen molar-refractivity contribution in [1.82, 2.24) is 29.6 Å². The Morgan fingerprint density at radius 3 is 2.72 bits per heavy atom. The minimum absolute atomic E-state index is 0.212. The predicted molar refractivity (Wildman–Crippen MR) is 89.1 cm³/mol. The van der Waals surface area contributed by atoms with Crippen LogP contribution in [0, 0.1) is 5.92 Å². The fraction of sp³-hybridized carbons (Fsp3) is 0.467. The van der Waals surface area contributed by atoms with Crippen molar-refractivity contribution < 1.29 is 13.2 Å². The van der Waals surface area contributed by atoms with Crippen molar-refractivity contribution in [2.24, 2.45) is 13.0 Å². The predicted octanol–water partition coefficient (Wildman–Crippen LogP) is 0.0408. The smallest absolute Gasteiger partial charge is 0.273 e.